The molecule has 0 fully saturated rings. The molecule has 5 nitrogen and oxygen atoms in total. The van der Waals surface area contributed by atoms with Crippen LogP contribution in [0.2, 0.25) is 0 Å². The zero-order chi connectivity index (χ0) is 14.5. The maximum Gasteiger partial charge on any atom is 0.123 e. The van der Waals surface area contributed by atoms with Gasteiger partial charge in [0.2, 0.25) is 0 Å². The first kappa shape index (κ1) is 13.2. The highest BCUT2D eigenvalue weighted by Gasteiger charge is 2.05. The van der Waals surface area contributed by atoms with Crippen molar-refractivity contribution in [1.82, 2.24) is 14.5 Å². The van der Waals surface area contributed by atoms with Gasteiger partial charge in [0.05, 0.1) is 24.8 Å². The Morgan fingerprint density at radius 1 is 1.05 bits per heavy atom. The first-order valence-corrected chi connectivity index (χ1v) is 6.73. The molecule has 0 bridgehead atoms. The van der Waals surface area contributed by atoms with Crippen molar-refractivity contribution >= 4 is 5.82 Å². The summed E-state index contributed by atoms with van der Waals surface area (Å²) in [5.74, 6) is 1.38. The number of nitrogen functional groups attached to an aromatic ring is 1. The first-order valence-electron chi connectivity index (χ1n) is 6.73. The molecule has 2 N–H and O–H groups in total. The van der Waals surface area contributed by atoms with Crippen LogP contribution < -0.4 is 10.5 Å². The maximum atomic E-state index is 5.71. The Balaban J connectivity index is 1.67. The number of imidazole rings is 1. The average molecular weight is 280 g/mol. The molecule has 5 heteroatoms. The Hall–Kier alpha value is -2.82. The van der Waals surface area contributed by atoms with Crippen LogP contribution in [0.4, 0.5) is 5.82 Å². The van der Waals surface area contributed by atoms with Crippen molar-refractivity contribution in [1.29, 1.82) is 0 Å². The number of hydrogen-bond donors (Lipinski definition) is 1. The summed E-state index contributed by atoms with van der Waals surface area (Å²) in [6.07, 6.45) is 5.36. The molecule has 0 radical (unpaired) electrons. The van der Waals surface area contributed by atoms with E-state index >= 15 is 0 Å². The minimum atomic E-state index is 0.511. The maximum absolute atomic E-state index is 5.71. The van der Waals surface area contributed by atoms with Crippen LogP contribution in [0.3, 0.4) is 0 Å². The van der Waals surface area contributed by atoms with Crippen LogP contribution in [0.15, 0.2) is 61.2 Å². The molecule has 3 aromatic rings. The SMILES string of the molecule is Nc1ccc(-c2cncn2CCOc2ccccc2)cn1. The fourth-order valence-electron chi connectivity index (χ4n) is 2.07. The van der Waals surface area contributed by atoms with Crippen LogP contribution in [0.25, 0.3) is 11.3 Å². The number of ether oxygens (including phenoxy) is 1. The number of benzene rings is 1. The van der Waals surface area contributed by atoms with Crippen molar-refractivity contribution in [2.24, 2.45) is 0 Å². The van der Waals surface area contributed by atoms with E-state index in [1.165, 1.54) is 0 Å². The number of pyridine rings is 1. The molecular weight excluding hydrogens is 264 g/mol. The average Bonchev–Trinajstić information content (AvgIpc) is 2.98. The zero-order valence-corrected chi connectivity index (χ0v) is 11.5. The molecule has 0 aliphatic heterocycles. The Morgan fingerprint density at radius 2 is 1.90 bits per heavy atom. The molecule has 0 aliphatic carbocycles. The van der Waals surface area contributed by atoms with Crippen LogP contribution in [0.1, 0.15) is 0 Å². The van der Waals surface area contributed by atoms with E-state index in [1.54, 1.807) is 18.6 Å². The minimum absolute atomic E-state index is 0.511. The smallest absolute Gasteiger partial charge is 0.123 e. The molecule has 0 amide bonds. The highest BCUT2D eigenvalue weighted by molar-refractivity contribution is 5.59. The molecule has 3 rings (SSSR count). The molecule has 0 spiro atoms. The lowest BCUT2D eigenvalue weighted by Crippen LogP contribution is -2.08. The van der Waals surface area contributed by atoms with Gasteiger partial charge >= 0.3 is 0 Å². The van der Waals surface area contributed by atoms with Crippen molar-refractivity contribution in [3.63, 3.8) is 0 Å². The van der Waals surface area contributed by atoms with E-state index in [9.17, 15) is 0 Å². The molecule has 0 saturated heterocycles. The highest BCUT2D eigenvalue weighted by atomic mass is 16.5. The lowest BCUT2D eigenvalue weighted by molar-refractivity contribution is 0.299. The van der Waals surface area contributed by atoms with Gasteiger partial charge in [-0.1, -0.05) is 18.2 Å². The van der Waals surface area contributed by atoms with Gasteiger partial charge in [-0.3, -0.25) is 0 Å². The van der Waals surface area contributed by atoms with E-state index < -0.39 is 0 Å². The number of rotatable bonds is 5. The number of aromatic nitrogens is 3. The van der Waals surface area contributed by atoms with Crippen molar-refractivity contribution in [2.45, 2.75) is 6.54 Å². The number of anilines is 1. The van der Waals surface area contributed by atoms with Crippen LogP contribution in [-0.4, -0.2) is 21.1 Å². The second-order valence-corrected chi connectivity index (χ2v) is 4.61. The molecule has 2 heterocycles. The van der Waals surface area contributed by atoms with Gasteiger partial charge in [0, 0.05) is 11.8 Å². The number of para-hydroxylation sites is 1. The molecule has 0 unspecified atom stereocenters. The van der Waals surface area contributed by atoms with Gasteiger partial charge in [-0.15, -0.1) is 0 Å². The van der Waals surface area contributed by atoms with E-state index in [0.717, 1.165) is 17.0 Å². The van der Waals surface area contributed by atoms with Gasteiger partial charge in [0.1, 0.15) is 18.2 Å². The Morgan fingerprint density at radius 3 is 2.67 bits per heavy atom. The Labute approximate surface area is 123 Å². The summed E-state index contributed by atoms with van der Waals surface area (Å²) in [5.41, 5.74) is 7.60. The minimum Gasteiger partial charge on any atom is -0.492 e. The third-order valence-corrected chi connectivity index (χ3v) is 3.14. The normalized spacial score (nSPS) is 10.5. The lowest BCUT2D eigenvalue weighted by atomic mass is 10.2. The summed E-state index contributed by atoms with van der Waals surface area (Å²) in [6.45, 7) is 1.30. The van der Waals surface area contributed by atoms with Gasteiger partial charge in [-0.25, -0.2) is 9.97 Å². The molecule has 2 aromatic heterocycles. The van der Waals surface area contributed by atoms with E-state index in [-0.39, 0.29) is 0 Å². The van der Waals surface area contributed by atoms with Gasteiger partial charge in [0.15, 0.2) is 0 Å². The summed E-state index contributed by atoms with van der Waals surface area (Å²) in [4.78, 5) is 8.30. The molecular formula is C16H16N4O. The van der Waals surface area contributed by atoms with Gasteiger partial charge in [0.25, 0.3) is 0 Å². The van der Waals surface area contributed by atoms with E-state index in [0.29, 0.717) is 19.0 Å². The molecule has 21 heavy (non-hydrogen) atoms. The van der Waals surface area contributed by atoms with E-state index in [4.69, 9.17) is 10.5 Å². The monoisotopic (exact) mass is 280 g/mol. The third-order valence-electron chi connectivity index (χ3n) is 3.14. The Bertz CT molecular complexity index is 692. The van der Waals surface area contributed by atoms with E-state index in [2.05, 4.69) is 9.97 Å². The van der Waals surface area contributed by atoms with Crippen LogP contribution >= 0.6 is 0 Å². The van der Waals surface area contributed by atoms with Crippen LogP contribution in [0, 0.1) is 0 Å². The molecule has 0 aliphatic rings. The molecule has 106 valence electrons. The predicted molar refractivity (Wildman–Crippen MR) is 81.8 cm³/mol. The van der Waals surface area contributed by atoms with Crippen LogP contribution in [-0.2, 0) is 6.54 Å². The number of nitrogens with zero attached hydrogens (tertiary/aromatic N) is 3. The Kier molecular flexibility index (Phi) is 3.82. The summed E-state index contributed by atoms with van der Waals surface area (Å²) in [5, 5.41) is 0. The number of hydrogen-bond acceptors (Lipinski definition) is 4. The highest BCUT2D eigenvalue weighted by Crippen LogP contribution is 2.18. The first-order chi connectivity index (χ1) is 10.3. The van der Waals surface area contributed by atoms with Crippen LogP contribution in [0.5, 0.6) is 5.75 Å². The summed E-state index contributed by atoms with van der Waals surface area (Å²) in [6, 6.07) is 13.5. The third kappa shape index (κ3) is 3.20. The molecule has 0 atom stereocenters. The number of nitrogens with two attached hydrogens (primary N) is 1. The second kappa shape index (κ2) is 6.09. The van der Waals surface area contributed by atoms with Crippen molar-refractivity contribution in [3.05, 3.63) is 61.2 Å². The van der Waals surface area contributed by atoms with E-state index in [1.807, 2.05) is 47.2 Å². The lowest BCUT2D eigenvalue weighted by Gasteiger charge is -2.10. The van der Waals surface area contributed by atoms with Crippen molar-refractivity contribution in [3.8, 4) is 17.0 Å². The topological polar surface area (TPSA) is 66.0 Å². The molecule has 1 aromatic carbocycles. The zero-order valence-electron chi connectivity index (χ0n) is 11.5. The standard InChI is InChI=1S/C16H16N4O/c17-16-7-6-13(10-19-16)15-11-18-12-20(15)8-9-21-14-4-2-1-3-5-14/h1-7,10-12H,8-9H2,(H2,17,19). The predicted octanol–water partition coefficient (Wildman–Crippen LogP) is 2.61. The van der Waals surface area contributed by atoms with Crippen molar-refractivity contribution in [2.75, 3.05) is 12.3 Å². The summed E-state index contributed by atoms with van der Waals surface area (Å²) < 4.78 is 7.74. The summed E-state index contributed by atoms with van der Waals surface area (Å²) >= 11 is 0. The van der Waals surface area contributed by atoms with Crippen molar-refractivity contribution < 1.29 is 4.74 Å². The summed E-state index contributed by atoms with van der Waals surface area (Å²) in [7, 11) is 0. The quantitative estimate of drug-likeness (QED) is 0.780. The van der Waals surface area contributed by atoms with Gasteiger partial charge in [-0.05, 0) is 24.3 Å². The largest absolute Gasteiger partial charge is 0.492 e. The molecule has 0 saturated carbocycles. The fraction of sp³-hybridized carbons (Fsp3) is 0.125. The second-order valence-electron chi connectivity index (χ2n) is 4.61. The van der Waals surface area contributed by atoms with Gasteiger partial charge < -0.3 is 15.0 Å². The van der Waals surface area contributed by atoms with Gasteiger partial charge in [-0.2, -0.15) is 0 Å². The fourth-order valence-corrected chi connectivity index (χ4v) is 2.07.